The highest BCUT2D eigenvalue weighted by atomic mass is 79.9. The average molecular weight is 676 g/mol. The normalized spacial score (nSPS) is 26.2. The van der Waals surface area contributed by atoms with Gasteiger partial charge in [-0.1, -0.05) is 83.9 Å². The Balaban J connectivity index is 1.10. The molecular weight excluding hydrogens is 644 g/mol. The fraction of sp³-hybridized carbons (Fsp3) is 0.289. The van der Waals surface area contributed by atoms with Crippen LogP contribution in [0.15, 0.2) is 95.5 Å². The van der Waals surface area contributed by atoms with Crippen molar-refractivity contribution >= 4 is 56.1 Å². The van der Waals surface area contributed by atoms with E-state index in [9.17, 15) is 19.2 Å². The van der Waals surface area contributed by atoms with Crippen LogP contribution in [0, 0.1) is 35.5 Å². The van der Waals surface area contributed by atoms with E-state index in [-0.39, 0.29) is 41.3 Å². The number of imide groups is 1. The molecule has 4 aromatic rings. The number of ketones is 1. The zero-order valence-electron chi connectivity index (χ0n) is 25.1. The Hall–Kier alpha value is -4.43. The fourth-order valence-corrected chi connectivity index (χ4v) is 8.36. The maximum atomic E-state index is 13.8. The number of aromatic nitrogens is 1. The van der Waals surface area contributed by atoms with Gasteiger partial charge in [0.2, 0.25) is 17.6 Å². The van der Waals surface area contributed by atoms with Crippen molar-refractivity contribution in [3.63, 3.8) is 0 Å². The van der Waals surface area contributed by atoms with Crippen molar-refractivity contribution in [2.75, 3.05) is 4.90 Å². The first-order valence-electron chi connectivity index (χ1n) is 15.9. The standard InChI is InChI=1S/C38H31BrN2O5/c1-2-6-32(35(42)21-7-4-3-5-8-21)46-38(45)29-19-31(40-30-16-11-22(39)17-28(29)30)20-9-12-23(13-10-20)41-36(43)33-24-14-15-25(27-18-26(24)27)34(33)37(41)44/h3-5,7-17,19,24-27,32-34H,2,6,18H2,1H3. The number of allylic oxidation sites excluding steroid dienone is 2. The van der Waals surface area contributed by atoms with Gasteiger partial charge in [0.05, 0.1) is 34.3 Å². The molecule has 0 N–H and O–H groups in total. The second-order valence-corrected chi connectivity index (χ2v) is 13.8. The molecule has 2 heterocycles. The van der Waals surface area contributed by atoms with Crippen LogP contribution in [0.2, 0.25) is 0 Å². The third kappa shape index (κ3) is 4.65. The van der Waals surface area contributed by atoms with Crippen molar-refractivity contribution in [3.05, 3.63) is 107 Å². The molecular formula is C38H31BrN2O5. The molecule has 5 aliphatic rings. The molecule has 3 fully saturated rings. The van der Waals surface area contributed by atoms with E-state index < -0.39 is 12.1 Å². The first-order chi connectivity index (χ1) is 22.3. The van der Waals surface area contributed by atoms with Gasteiger partial charge >= 0.3 is 5.97 Å². The van der Waals surface area contributed by atoms with E-state index in [2.05, 4.69) is 28.1 Å². The van der Waals surface area contributed by atoms with E-state index in [0.717, 1.165) is 10.9 Å². The number of hydrogen-bond acceptors (Lipinski definition) is 6. The third-order valence-corrected chi connectivity index (χ3v) is 10.7. The Morgan fingerprint density at radius 3 is 2.24 bits per heavy atom. The summed E-state index contributed by atoms with van der Waals surface area (Å²) in [6.07, 6.45) is 5.61. The largest absolute Gasteiger partial charge is 0.450 e. The SMILES string of the molecule is CCCC(OC(=O)c1cc(-c2ccc(N3C(=O)C4C5C=CC(C6CC56)C4C3=O)cc2)nc2ccc(Br)cc12)C(=O)c1ccccc1. The van der Waals surface area contributed by atoms with E-state index in [1.807, 2.05) is 43.3 Å². The zero-order chi connectivity index (χ0) is 31.7. The number of carbonyl (C=O) groups excluding carboxylic acids is 4. The van der Waals surface area contributed by atoms with Crippen molar-refractivity contribution in [2.45, 2.75) is 32.3 Å². The van der Waals surface area contributed by atoms with E-state index in [1.54, 1.807) is 42.5 Å². The minimum atomic E-state index is -0.923. The number of benzene rings is 3. The predicted molar refractivity (Wildman–Crippen MR) is 177 cm³/mol. The number of amides is 2. The number of esters is 1. The van der Waals surface area contributed by atoms with Crippen molar-refractivity contribution in [1.29, 1.82) is 0 Å². The fourth-order valence-electron chi connectivity index (χ4n) is 7.99. The van der Waals surface area contributed by atoms with Gasteiger partial charge < -0.3 is 4.74 Å². The lowest BCUT2D eigenvalue weighted by Gasteiger charge is -2.37. The third-order valence-electron chi connectivity index (χ3n) is 10.2. The molecule has 2 saturated carbocycles. The molecule has 2 amide bonds. The highest BCUT2D eigenvalue weighted by Gasteiger charge is 2.67. The van der Waals surface area contributed by atoms with Crippen LogP contribution in [0.3, 0.4) is 0 Å². The summed E-state index contributed by atoms with van der Waals surface area (Å²) in [5.41, 5.74) is 3.17. The van der Waals surface area contributed by atoms with Gasteiger partial charge in [0, 0.05) is 21.0 Å². The van der Waals surface area contributed by atoms with Crippen LogP contribution in [0.5, 0.6) is 0 Å². The smallest absolute Gasteiger partial charge is 0.339 e. The average Bonchev–Trinajstić information content (AvgIpc) is 3.86. The molecule has 1 aromatic heterocycles. The summed E-state index contributed by atoms with van der Waals surface area (Å²) < 4.78 is 6.68. The van der Waals surface area contributed by atoms with Gasteiger partial charge in [0.1, 0.15) is 0 Å². The number of halogens is 1. The van der Waals surface area contributed by atoms with Crippen molar-refractivity contribution in [1.82, 2.24) is 4.98 Å². The lowest BCUT2D eigenvalue weighted by Crippen LogP contribution is -2.40. The molecule has 9 rings (SSSR count). The molecule has 7 unspecified atom stereocenters. The quantitative estimate of drug-likeness (QED) is 0.0835. The van der Waals surface area contributed by atoms with Gasteiger partial charge in [-0.15, -0.1) is 0 Å². The zero-order valence-corrected chi connectivity index (χ0v) is 26.7. The second kappa shape index (κ2) is 11.1. The van der Waals surface area contributed by atoms with E-state index in [4.69, 9.17) is 9.72 Å². The minimum absolute atomic E-state index is 0.0985. The highest BCUT2D eigenvalue weighted by Crippen LogP contribution is 2.65. The van der Waals surface area contributed by atoms with Crippen molar-refractivity contribution < 1.29 is 23.9 Å². The number of anilines is 1. The van der Waals surface area contributed by atoms with Gasteiger partial charge in [-0.3, -0.25) is 19.3 Å². The topological polar surface area (TPSA) is 93.6 Å². The van der Waals surface area contributed by atoms with Gasteiger partial charge in [-0.25, -0.2) is 9.78 Å². The Bertz CT molecular complexity index is 1920. The molecule has 4 aliphatic carbocycles. The van der Waals surface area contributed by atoms with Crippen molar-refractivity contribution in [3.8, 4) is 11.3 Å². The maximum absolute atomic E-state index is 13.8. The molecule has 7 nitrogen and oxygen atoms in total. The Morgan fingerprint density at radius 2 is 1.59 bits per heavy atom. The monoisotopic (exact) mass is 674 g/mol. The van der Waals surface area contributed by atoms with E-state index in [0.29, 0.717) is 63.7 Å². The number of Topliss-reactive ketones (excluding diaryl/α,β-unsaturated/α-hetero) is 1. The number of pyridine rings is 1. The van der Waals surface area contributed by atoms with Crippen LogP contribution >= 0.6 is 15.9 Å². The number of hydrogen-bond donors (Lipinski definition) is 0. The summed E-state index contributed by atoms with van der Waals surface area (Å²) in [6, 6.07) is 23.2. The van der Waals surface area contributed by atoms with Crippen LogP contribution < -0.4 is 4.90 Å². The number of carbonyl (C=O) groups is 4. The number of nitrogens with zero attached hydrogens (tertiary/aromatic N) is 2. The summed E-state index contributed by atoms with van der Waals surface area (Å²) in [6.45, 7) is 1.95. The molecule has 0 spiro atoms. The van der Waals surface area contributed by atoms with Crippen LogP contribution in [0.4, 0.5) is 5.69 Å². The lowest BCUT2D eigenvalue weighted by atomic mass is 9.63. The first-order valence-corrected chi connectivity index (χ1v) is 16.7. The minimum Gasteiger partial charge on any atom is -0.450 e. The summed E-state index contributed by atoms with van der Waals surface area (Å²) in [7, 11) is 0. The summed E-state index contributed by atoms with van der Waals surface area (Å²) in [5, 5.41) is 0.597. The molecule has 0 radical (unpaired) electrons. The number of rotatable bonds is 8. The molecule has 3 aromatic carbocycles. The van der Waals surface area contributed by atoms with E-state index >= 15 is 0 Å². The summed E-state index contributed by atoms with van der Waals surface area (Å²) in [4.78, 5) is 60.5. The Labute approximate surface area is 274 Å². The second-order valence-electron chi connectivity index (χ2n) is 12.8. The highest BCUT2D eigenvalue weighted by molar-refractivity contribution is 9.10. The lowest BCUT2D eigenvalue weighted by molar-refractivity contribution is -0.124. The number of fused-ring (bicyclic) bond motifs is 1. The van der Waals surface area contributed by atoms with Gasteiger partial charge in [0.15, 0.2) is 6.10 Å². The molecule has 230 valence electrons. The van der Waals surface area contributed by atoms with Crippen LogP contribution in [0.1, 0.15) is 46.9 Å². The number of ether oxygens (including phenoxy) is 1. The van der Waals surface area contributed by atoms with Gasteiger partial charge in [0.25, 0.3) is 0 Å². The maximum Gasteiger partial charge on any atom is 0.339 e. The summed E-state index contributed by atoms with van der Waals surface area (Å²) >= 11 is 3.50. The van der Waals surface area contributed by atoms with Crippen LogP contribution in [0.25, 0.3) is 22.2 Å². The molecule has 1 aliphatic heterocycles. The molecule has 7 atom stereocenters. The predicted octanol–water partition coefficient (Wildman–Crippen LogP) is 7.43. The molecule has 46 heavy (non-hydrogen) atoms. The summed E-state index contributed by atoms with van der Waals surface area (Å²) in [5.74, 6) is -0.133. The van der Waals surface area contributed by atoms with Crippen LogP contribution in [-0.4, -0.2) is 34.7 Å². The first kappa shape index (κ1) is 29.0. The Morgan fingerprint density at radius 1 is 0.913 bits per heavy atom. The van der Waals surface area contributed by atoms with Gasteiger partial charge in [-0.2, -0.15) is 0 Å². The molecule has 8 heteroatoms. The Kier molecular flexibility index (Phi) is 7.01. The van der Waals surface area contributed by atoms with Crippen LogP contribution in [-0.2, 0) is 14.3 Å². The molecule has 1 saturated heterocycles. The van der Waals surface area contributed by atoms with E-state index in [1.165, 1.54) is 4.90 Å². The molecule has 2 bridgehead atoms. The van der Waals surface area contributed by atoms with Crippen molar-refractivity contribution in [2.24, 2.45) is 35.5 Å². The van der Waals surface area contributed by atoms with Gasteiger partial charge in [-0.05, 0) is 72.9 Å².